The molecule has 0 aromatic heterocycles. The summed E-state index contributed by atoms with van der Waals surface area (Å²) in [6, 6.07) is 12.8. The minimum atomic E-state index is -0.773. The predicted octanol–water partition coefficient (Wildman–Crippen LogP) is 2.43. The lowest BCUT2D eigenvalue weighted by molar-refractivity contribution is 0.191. The number of nitrogens with two attached hydrogens (primary N) is 1. The summed E-state index contributed by atoms with van der Waals surface area (Å²) in [5.41, 5.74) is 7.38. The number of nitrogens with one attached hydrogen (secondary N) is 1. The molecule has 0 radical (unpaired) electrons. The van der Waals surface area contributed by atoms with E-state index in [9.17, 15) is 9.50 Å². The first kappa shape index (κ1) is 13.8. The van der Waals surface area contributed by atoms with E-state index in [4.69, 9.17) is 11.0 Å². The van der Waals surface area contributed by atoms with Crippen molar-refractivity contribution in [3.8, 4) is 6.07 Å². The SMILES string of the molecule is N#Cc1ccc(NCC(O)c2ccc(N)cc2)c(F)c1. The van der Waals surface area contributed by atoms with Crippen LogP contribution in [0, 0.1) is 17.1 Å². The molecule has 0 fully saturated rings. The molecule has 0 saturated carbocycles. The molecule has 5 heteroatoms. The van der Waals surface area contributed by atoms with Crippen LogP contribution < -0.4 is 11.1 Å². The molecule has 0 saturated heterocycles. The normalized spacial score (nSPS) is 11.7. The van der Waals surface area contributed by atoms with Gasteiger partial charge in [-0.15, -0.1) is 0 Å². The van der Waals surface area contributed by atoms with Crippen LogP contribution in [0.15, 0.2) is 42.5 Å². The maximum atomic E-state index is 13.6. The summed E-state index contributed by atoms with van der Waals surface area (Å²) < 4.78 is 13.6. The smallest absolute Gasteiger partial charge is 0.147 e. The first-order valence-corrected chi connectivity index (χ1v) is 6.07. The second-order valence-corrected chi connectivity index (χ2v) is 4.37. The van der Waals surface area contributed by atoms with Crippen LogP contribution in [0.5, 0.6) is 0 Å². The Morgan fingerprint density at radius 3 is 2.55 bits per heavy atom. The van der Waals surface area contributed by atoms with Crippen molar-refractivity contribution >= 4 is 11.4 Å². The van der Waals surface area contributed by atoms with Crippen molar-refractivity contribution in [1.82, 2.24) is 0 Å². The molecular weight excluding hydrogens is 257 g/mol. The third kappa shape index (κ3) is 3.25. The average molecular weight is 271 g/mol. The number of hydrogen-bond acceptors (Lipinski definition) is 4. The molecule has 2 aromatic rings. The van der Waals surface area contributed by atoms with Gasteiger partial charge in [-0.25, -0.2) is 4.39 Å². The number of benzene rings is 2. The number of anilines is 2. The zero-order valence-electron chi connectivity index (χ0n) is 10.7. The van der Waals surface area contributed by atoms with Crippen molar-refractivity contribution in [2.45, 2.75) is 6.10 Å². The van der Waals surface area contributed by atoms with Gasteiger partial charge in [0, 0.05) is 12.2 Å². The Kier molecular flexibility index (Phi) is 4.18. The summed E-state index contributed by atoms with van der Waals surface area (Å²) in [7, 11) is 0. The van der Waals surface area contributed by atoms with E-state index < -0.39 is 11.9 Å². The lowest BCUT2D eigenvalue weighted by atomic mass is 10.1. The predicted molar refractivity (Wildman–Crippen MR) is 75.4 cm³/mol. The lowest BCUT2D eigenvalue weighted by Crippen LogP contribution is -2.13. The molecule has 1 atom stereocenters. The lowest BCUT2D eigenvalue weighted by Gasteiger charge is -2.14. The number of aliphatic hydroxyl groups is 1. The first-order valence-electron chi connectivity index (χ1n) is 6.07. The van der Waals surface area contributed by atoms with Crippen LogP contribution >= 0.6 is 0 Å². The second-order valence-electron chi connectivity index (χ2n) is 4.37. The van der Waals surface area contributed by atoms with Crippen LogP contribution in [0.4, 0.5) is 15.8 Å². The standard InChI is InChI=1S/C15H14FN3O/c16-13-7-10(8-17)1-6-14(13)19-9-15(20)11-2-4-12(18)5-3-11/h1-7,15,19-20H,9,18H2. The van der Waals surface area contributed by atoms with Crippen molar-refractivity contribution in [2.75, 3.05) is 17.6 Å². The van der Waals surface area contributed by atoms with E-state index in [1.807, 2.05) is 6.07 Å². The summed E-state index contributed by atoms with van der Waals surface area (Å²) in [4.78, 5) is 0. The summed E-state index contributed by atoms with van der Waals surface area (Å²) in [6.07, 6.45) is -0.773. The maximum Gasteiger partial charge on any atom is 0.147 e. The van der Waals surface area contributed by atoms with Crippen molar-refractivity contribution < 1.29 is 9.50 Å². The summed E-state index contributed by atoms with van der Waals surface area (Å²) in [5.74, 6) is -0.520. The van der Waals surface area contributed by atoms with Gasteiger partial charge in [-0.05, 0) is 35.9 Å². The molecule has 0 spiro atoms. The van der Waals surface area contributed by atoms with Gasteiger partial charge in [0.2, 0.25) is 0 Å². The summed E-state index contributed by atoms with van der Waals surface area (Å²) in [6.45, 7) is 0.159. The molecule has 0 amide bonds. The van der Waals surface area contributed by atoms with Crippen molar-refractivity contribution in [2.24, 2.45) is 0 Å². The van der Waals surface area contributed by atoms with E-state index in [0.717, 1.165) is 6.07 Å². The molecule has 1 unspecified atom stereocenters. The molecule has 0 aliphatic heterocycles. The fraction of sp³-hybridized carbons (Fsp3) is 0.133. The van der Waals surface area contributed by atoms with Gasteiger partial charge in [0.1, 0.15) is 5.82 Å². The fourth-order valence-corrected chi connectivity index (χ4v) is 1.77. The minimum absolute atomic E-state index is 0.159. The van der Waals surface area contributed by atoms with Gasteiger partial charge in [0.05, 0.1) is 23.4 Å². The Labute approximate surface area is 116 Å². The molecule has 20 heavy (non-hydrogen) atoms. The highest BCUT2D eigenvalue weighted by Gasteiger charge is 2.09. The van der Waals surface area contributed by atoms with Crippen LogP contribution in [0.25, 0.3) is 0 Å². The van der Waals surface area contributed by atoms with Crippen LogP contribution in [0.2, 0.25) is 0 Å². The Balaban J connectivity index is 2.01. The molecular formula is C15H14FN3O. The van der Waals surface area contributed by atoms with Gasteiger partial charge in [0.15, 0.2) is 0 Å². The molecule has 0 heterocycles. The topological polar surface area (TPSA) is 82.1 Å². The van der Waals surface area contributed by atoms with Crippen LogP contribution in [-0.2, 0) is 0 Å². The third-order valence-corrected chi connectivity index (χ3v) is 2.91. The number of aliphatic hydroxyl groups excluding tert-OH is 1. The molecule has 2 rings (SSSR count). The van der Waals surface area contributed by atoms with Crippen LogP contribution in [0.1, 0.15) is 17.2 Å². The number of halogens is 1. The third-order valence-electron chi connectivity index (χ3n) is 2.91. The first-order chi connectivity index (χ1) is 9.60. The van der Waals surface area contributed by atoms with Crippen LogP contribution in [-0.4, -0.2) is 11.7 Å². The highest BCUT2D eigenvalue weighted by atomic mass is 19.1. The van der Waals surface area contributed by atoms with E-state index in [1.165, 1.54) is 12.1 Å². The minimum Gasteiger partial charge on any atom is -0.399 e. The number of hydrogen-bond donors (Lipinski definition) is 3. The van der Waals surface area contributed by atoms with E-state index >= 15 is 0 Å². The maximum absolute atomic E-state index is 13.6. The largest absolute Gasteiger partial charge is 0.399 e. The number of nitriles is 1. The summed E-state index contributed by atoms with van der Waals surface area (Å²) in [5, 5.41) is 21.5. The Morgan fingerprint density at radius 1 is 1.25 bits per heavy atom. The zero-order chi connectivity index (χ0) is 14.5. The van der Waals surface area contributed by atoms with Crippen LogP contribution in [0.3, 0.4) is 0 Å². The van der Waals surface area contributed by atoms with Gasteiger partial charge >= 0.3 is 0 Å². The highest BCUT2D eigenvalue weighted by molar-refractivity contribution is 5.49. The fourth-order valence-electron chi connectivity index (χ4n) is 1.77. The molecule has 102 valence electrons. The molecule has 0 aliphatic rings. The van der Waals surface area contributed by atoms with Gasteiger partial charge in [-0.1, -0.05) is 12.1 Å². The van der Waals surface area contributed by atoms with E-state index in [-0.39, 0.29) is 17.8 Å². The Morgan fingerprint density at radius 2 is 1.95 bits per heavy atom. The molecule has 4 nitrogen and oxygen atoms in total. The van der Waals surface area contributed by atoms with E-state index in [1.54, 1.807) is 24.3 Å². The number of nitrogens with zero attached hydrogens (tertiary/aromatic N) is 1. The second kappa shape index (κ2) is 6.04. The van der Waals surface area contributed by atoms with Crippen molar-refractivity contribution in [3.63, 3.8) is 0 Å². The summed E-state index contributed by atoms with van der Waals surface area (Å²) >= 11 is 0. The Bertz CT molecular complexity index is 635. The van der Waals surface area contributed by atoms with E-state index in [0.29, 0.717) is 11.3 Å². The van der Waals surface area contributed by atoms with Crippen molar-refractivity contribution in [1.29, 1.82) is 5.26 Å². The number of nitrogen functional groups attached to an aromatic ring is 1. The van der Waals surface area contributed by atoms with Gasteiger partial charge < -0.3 is 16.2 Å². The van der Waals surface area contributed by atoms with Gasteiger partial charge in [0.25, 0.3) is 0 Å². The molecule has 0 bridgehead atoms. The molecule has 4 N–H and O–H groups in total. The molecule has 2 aromatic carbocycles. The monoisotopic (exact) mass is 271 g/mol. The molecule has 0 aliphatic carbocycles. The Hall–Kier alpha value is -2.58. The van der Waals surface area contributed by atoms with Gasteiger partial charge in [-0.2, -0.15) is 5.26 Å². The quantitative estimate of drug-likeness (QED) is 0.746. The van der Waals surface area contributed by atoms with Gasteiger partial charge in [-0.3, -0.25) is 0 Å². The van der Waals surface area contributed by atoms with E-state index in [2.05, 4.69) is 5.32 Å². The highest BCUT2D eigenvalue weighted by Crippen LogP contribution is 2.19. The number of rotatable bonds is 4. The average Bonchev–Trinajstić information content (AvgIpc) is 2.46. The van der Waals surface area contributed by atoms with Crippen molar-refractivity contribution in [3.05, 3.63) is 59.4 Å². The zero-order valence-corrected chi connectivity index (χ0v) is 10.7.